The van der Waals surface area contributed by atoms with Gasteiger partial charge >= 0.3 is 0 Å². The second kappa shape index (κ2) is 8.36. The van der Waals surface area contributed by atoms with Crippen molar-refractivity contribution >= 4 is 32.6 Å². The molecular formula is C32H20N4. The number of hydrogen-bond acceptors (Lipinski definition) is 4. The Balaban J connectivity index is 1.44. The maximum absolute atomic E-state index is 4.99. The van der Waals surface area contributed by atoms with Crippen molar-refractivity contribution < 1.29 is 0 Å². The third-order valence-corrected chi connectivity index (χ3v) is 6.55. The van der Waals surface area contributed by atoms with Crippen LogP contribution in [-0.2, 0) is 0 Å². The highest BCUT2D eigenvalue weighted by Crippen LogP contribution is 2.34. The van der Waals surface area contributed by atoms with Gasteiger partial charge in [-0.1, -0.05) is 66.7 Å². The summed E-state index contributed by atoms with van der Waals surface area (Å²) in [6.45, 7) is 0. The van der Waals surface area contributed by atoms with Crippen molar-refractivity contribution in [1.29, 1.82) is 0 Å². The molecule has 0 saturated heterocycles. The van der Waals surface area contributed by atoms with Crippen molar-refractivity contribution in [3.63, 3.8) is 0 Å². The van der Waals surface area contributed by atoms with Crippen LogP contribution in [0.4, 0.5) is 0 Å². The fourth-order valence-corrected chi connectivity index (χ4v) is 4.82. The summed E-state index contributed by atoms with van der Waals surface area (Å²) in [6, 6.07) is 37.4. The minimum absolute atomic E-state index is 0.621. The van der Waals surface area contributed by atoms with Gasteiger partial charge in [0.1, 0.15) is 5.69 Å². The maximum atomic E-state index is 4.99. The molecule has 0 unspecified atom stereocenters. The minimum Gasteiger partial charge on any atom is -0.256 e. The SMILES string of the molecule is c1ccc(-c2nc(-c3cccc(-c4ccnc5cc6ccccc6cc45)c3)c3ccccc3n2)nc1. The Morgan fingerprint density at radius 3 is 2.17 bits per heavy atom. The van der Waals surface area contributed by atoms with E-state index in [9.17, 15) is 0 Å². The molecule has 7 aromatic rings. The average molecular weight is 461 g/mol. The van der Waals surface area contributed by atoms with Gasteiger partial charge in [0, 0.05) is 28.7 Å². The third-order valence-electron chi connectivity index (χ3n) is 6.55. The molecule has 0 aliphatic heterocycles. The molecule has 0 spiro atoms. The number of benzene rings is 4. The molecule has 168 valence electrons. The lowest BCUT2D eigenvalue weighted by Gasteiger charge is -2.12. The summed E-state index contributed by atoms with van der Waals surface area (Å²) in [4.78, 5) is 18.9. The topological polar surface area (TPSA) is 51.6 Å². The van der Waals surface area contributed by atoms with Crippen LogP contribution >= 0.6 is 0 Å². The highest BCUT2D eigenvalue weighted by atomic mass is 14.9. The molecule has 0 atom stereocenters. The monoisotopic (exact) mass is 460 g/mol. The standard InChI is InChI=1S/C32H20N4/c1-2-9-22-20-30-27(19-21(22)8-1)25(15-17-34-30)23-10-7-11-24(18-23)31-26-12-3-4-13-28(26)35-32(36-31)29-14-5-6-16-33-29/h1-20H. The smallest absolute Gasteiger partial charge is 0.179 e. The van der Waals surface area contributed by atoms with Crippen LogP contribution in [0.15, 0.2) is 122 Å². The normalized spacial score (nSPS) is 11.3. The molecule has 4 heteroatoms. The van der Waals surface area contributed by atoms with Crippen LogP contribution in [0.5, 0.6) is 0 Å². The van der Waals surface area contributed by atoms with E-state index < -0.39 is 0 Å². The van der Waals surface area contributed by atoms with E-state index in [0.29, 0.717) is 5.82 Å². The largest absolute Gasteiger partial charge is 0.256 e. The molecule has 0 N–H and O–H groups in total. The zero-order valence-electron chi connectivity index (χ0n) is 19.3. The van der Waals surface area contributed by atoms with Crippen LogP contribution in [0.3, 0.4) is 0 Å². The number of fused-ring (bicyclic) bond motifs is 3. The molecule has 0 bridgehead atoms. The van der Waals surface area contributed by atoms with Crippen LogP contribution in [0, 0.1) is 0 Å². The lowest BCUT2D eigenvalue weighted by atomic mass is 9.96. The summed E-state index contributed by atoms with van der Waals surface area (Å²) in [7, 11) is 0. The van der Waals surface area contributed by atoms with Gasteiger partial charge < -0.3 is 0 Å². The van der Waals surface area contributed by atoms with Gasteiger partial charge in [0.05, 0.1) is 16.7 Å². The molecular weight excluding hydrogens is 440 g/mol. The average Bonchev–Trinajstić information content (AvgIpc) is 2.95. The molecule has 4 nitrogen and oxygen atoms in total. The van der Waals surface area contributed by atoms with Gasteiger partial charge in [-0.3, -0.25) is 9.97 Å². The van der Waals surface area contributed by atoms with E-state index in [2.05, 4.69) is 82.8 Å². The van der Waals surface area contributed by atoms with Crippen molar-refractivity contribution in [2.24, 2.45) is 0 Å². The van der Waals surface area contributed by atoms with Crippen LogP contribution < -0.4 is 0 Å². The molecule has 0 aliphatic rings. The molecule has 4 aromatic carbocycles. The molecule has 7 rings (SSSR count). The highest BCUT2D eigenvalue weighted by molar-refractivity contribution is 6.04. The Morgan fingerprint density at radius 2 is 1.28 bits per heavy atom. The van der Waals surface area contributed by atoms with Gasteiger partial charge in [-0.05, 0) is 64.4 Å². The fraction of sp³-hybridized carbons (Fsp3) is 0. The van der Waals surface area contributed by atoms with Crippen LogP contribution in [-0.4, -0.2) is 19.9 Å². The molecule has 0 saturated carbocycles. The summed E-state index contributed by atoms with van der Waals surface area (Å²) in [5, 5.41) is 4.55. The lowest BCUT2D eigenvalue weighted by molar-refractivity contribution is 1.18. The number of hydrogen-bond donors (Lipinski definition) is 0. The van der Waals surface area contributed by atoms with Crippen molar-refractivity contribution in [2.75, 3.05) is 0 Å². The summed E-state index contributed by atoms with van der Waals surface area (Å²) in [6.07, 6.45) is 3.66. The lowest BCUT2D eigenvalue weighted by Crippen LogP contribution is -1.96. The fourth-order valence-electron chi connectivity index (χ4n) is 4.82. The van der Waals surface area contributed by atoms with E-state index in [1.165, 1.54) is 10.8 Å². The van der Waals surface area contributed by atoms with E-state index in [0.717, 1.165) is 49.9 Å². The van der Waals surface area contributed by atoms with Gasteiger partial charge in [-0.15, -0.1) is 0 Å². The molecule has 0 radical (unpaired) electrons. The number of aromatic nitrogens is 4. The zero-order valence-corrected chi connectivity index (χ0v) is 19.3. The zero-order chi connectivity index (χ0) is 23.9. The Morgan fingerprint density at radius 1 is 0.472 bits per heavy atom. The van der Waals surface area contributed by atoms with E-state index >= 15 is 0 Å². The molecule has 36 heavy (non-hydrogen) atoms. The van der Waals surface area contributed by atoms with Gasteiger partial charge in [0.15, 0.2) is 5.82 Å². The van der Waals surface area contributed by atoms with Gasteiger partial charge in [-0.25, -0.2) is 9.97 Å². The van der Waals surface area contributed by atoms with Crippen molar-refractivity contribution in [3.05, 3.63) is 122 Å². The van der Waals surface area contributed by atoms with Gasteiger partial charge in [0.2, 0.25) is 0 Å². The van der Waals surface area contributed by atoms with Crippen molar-refractivity contribution in [3.8, 4) is 33.9 Å². The molecule has 0 aliphatic carbocycles. The first-order valence-corrected chi connectivity index (χ1v) is 11.9. The summed E-state index contributed by atoms with van der Waals surface area (Å²) < 4.78 is 0. The number of pyridine rings is 2. The number of rotatable bonds is 3. The second-order valence-electron chi connectivity index (χ2n) is 8.78. The maximum Gasteiger partial charge on any atom is 0.179 e. The van der Waals surface area contributed by atoms with Crippen LogP contribution in [0.25, 0.3) is 66.5 Å². The van der Waals surface area contributed by atoms with Crippen molar-refractivity contribution in [1.82, 2.24) is 19.9 Å². The van der Waals surface area contributed by atoms with Gasteiger partial charge in [-0.2, -0.15) is 0 Å². The molecule has 0 amide bonds. The van der Waals surface area contributed by atoms with Gasteiger partial charge in [0.25, 0.3) is 0 Å². The first kappa shape index (κ1) is 20.4. The quantitative estimate of drug-likeness (QED) is 0.253. The Bertz CT molecular complexity index is 1890. The van der Waals surface area contributed by atoms with E-state index in [4.69, 9.17) is 9.97 Å². The van der Waals surface area contributed by atoms with E-state index in [-0.39, 0.29) is 0 Å². The third kappa shape index (κ3) is 3.48. The molecule has 3 heterocycles. The molecule has 0 fully saturated rings. The van der Waals surface area contributed by atoms with E-state index in [1.54, 1.807) is 6.20 Å². The van der Waals surface area contributed by atoms with Crippen molar-refractivity contribution in [2.45, 2.75) is 0 Å². The first-order valence-electron chi connectivity index (χ1n) is 11.9. The predicted octanol–water partition coefficient (Wildman–Crippen LogP) is 7.73. The predicted molar refractivity (Wildman–Crippen MR) is 146 cm³/mol. The highest BCUT2D eigenvalue weighted by Gasteiger charge is 2.13. The second-order valence-corrected chi connectivity index (χ2v) is 8.78. The summed E-state index contributed by atoms with van der Waals surface area (Å²) >= 11 is 0. The number of para-hydroxylation sites is 1. The Hall–Kier alpha value is -4.96. The Labute approximate surface area is 208 Å². The van der Waals surface area contributed by atoms with E-state index in [1.807, 2.05) is 42.6 Å². The first-order chi connectivity index (χ1) is 17.8. The number of nitrogens with zero attached hydrogens (tertiary/aromatic N) is 4. The Kier molecular flexibility index (Phi) is 4.74. The van der Waals surface area contributed by atoms with Crippen LogP contribution in [0.2, 0.25) is 0 Å². The molecule has 3 aromatic heterocycles. The summed E-state index contributed by atoms with van der Waals surface area (Å²) in [5.74, 6) is 0.621. The summed E-state index contributed by atoms with van der Waals surface area (Å²) in [5.41, 5.74) is 6.85. The minimum atomic E-state index is 0.621. The van der Waals surface area contributed by atoms with Crippen LogP contribution in [0.1, 0.15) is 0 Å².